The predicted octanol–water partition coefficient (Wildman–Crippen LogP) is 5.29. The van der Waals surface area contributed by atoms with Crippen LogP contribution in [0.5, 0.6) is 0 Å². The van der Waals surface area contributed by atoms with Crippen molar-refractivity contribution in [2.24, 2.45) is 5.92 Å². The highest BCUT2D eigenvalue weighted by Crippen LogP contribution is 2.10. The van der Waals surface area contributed by atoms with Gasteiger partial charge in [-0.15, -0.1) is 0 Å². The molecule has 1 aliphatic heterocycles. The van der Waals surface area contributed by atoms with Crippen LogP contribution in [-0.4, -0.2) is 12.5 Å². The first-order chi connectivity index (χ1) is 11.1. The minimum absolute atomic E-state index is 0.229. The van der Waals surface area contributed by atoms with Crippen molar-refractivity contribution in [2.75, 3.05) is 6.54 Å². The van der Waals surface area contributed by atoms with Crippen molar-refractivity contribution in [1.82, 2.24) is 5.32 Å². The molecular formula is C21H31NO. The number of allylic oxidation sites excluding steroid dienone is 3. The Morgan fingerprint density at radius 3 is 2.52 bits per heavy atom. The predicted molar refractivity (Wildman–Crippen MR) is 100 cm³/mol. The number of rotatable bonds is 4. The monoisotopic (exact) mass is 313 g/mol. The van der Waals surface area contributed by atoms with Gasteiger partial charge in [-0.1, -0.05) is 67.5 Å². The first-order valence-electron chi connectivity index (χ1n) is 8.75. The second kappa shape index (κ2) is 11.7. The molecule has 23 heavy (non-hydrogen) atoms. The molecule has 2 nitrogen and oxygen atoms in total. The molecule has 1 heterocycles. The summed E-state index contributed by atoms with van der Waals surface area (Å²) in [6, 6.07) is 8.60. The van der Waals surface area contributed by atoms with Crippen molar-refractivity contribution >= 4 is 12.0 Å². The number of carbonyl (C=O) groups is 1. The third-order valence-corrected chi connectivity index (χ3v) is 3.93. The van der Waals surface area contributed by atoms with Crippen LogP contribution in [0.15, 0.2) is 42.5 Å². The molecule has 0 radical (unpaired) electrons. The van der Waals surface area contributed by atoms with Gasteiger partial charge in [-0.05, 0) is 45.1 Å². The van der Waals surface area contributed by atoms with Crippen LogP contribution >= 0.6 is 0 Å². The van der Waals surface area contributed by atoms with Gasteiger partial charge < -0.3 is 5.32 Å². The van der Waals surface area contributed by atoms with E-state index in [0.29, 0.717) is 0 Å². The molecule has 1 aromatic rings. The Bertz CT molecular complexity index is 499. The van der Waals surface area contributed by atoms with Gasteiger partial charge in [0.05, 0.1) is 0 Å². The lowest BCUT2D eigenvalue weighted by Gasteiger charge is -2.03. The van der Waals surface area contributed by atoms with Crippen molar-refractivity contribution in [3.63, 3.8) is 0 Å². The van der Waals surface area contributed by atoms with Crippen molar-refractivity contribution in [2.45, 2.75) is 52.9 Å². The molecule has 0 saturated carbocycles. The fraction of sp³-hybridized carbons (Fsp3) is 0.476. The lowest BCUT2D eigenvalue weighted by atomic mass is 10.1. The summed E-state index contributed by atoms with van der Waals surface area (Å²) >= 11 is 0. The van der Waals surface area contributed by atoms with E-state index in [1.807, 2.05) is 6.92 Å². The Labute approximate surface area is 141 Å². The van der Waals surface area contributed by atoms with E-state index in [1.54, 1.807) is 0 Å². The normalized spacial score (nSPS) is 18.4. The minimum atomic E-state index is 0.229. The molecule has 2 rings (SSSR count). The molecule has 0 aromatic heterocycles. The van der Waals surface area contributed by atoms with Gasteiger partial charge in [0.15, 0.2) is 0 Å². The number of benzene rings is 1. The molecule has 1 saturated heterocycles. The lowest BCUT2D eigenvalue weighted by Crippen LogP contribution is -2.26. The SMILES string of the molecule is C/C=C\CC/C=C/c1ccc(C)cc1.C[C@H]1CCCCNC1=O. The molecule has 1 N–H and O–H groups in total. The van der Waals surface area contributed by atoms with E-state index in [1.165, 1.54) is 17.5 Å². The van der Waals surface area contributed by atoms with E-state index in [4.69, 9.17) is 0 Å². The zero-order valence-electron chi connectivity index (χ0n) is 14.8. The van der Waals surface area contributed by atoms with E-state index in [0.717, 1.165) is 32.2 Å². The quantitative estimate of drug-likeness (QED) is 0.594. The number of carbonyl (C=O) groups excluding carboxylic acids is 1. The van der Waals surface area contributed by atoms with Gasteiger partial charge in [0.1, 0.15) is 0 Å². The standard InChI is InChI=1S/C14H18.C7H13NO/c1-3-4-5-6-7-8-14-11-9-13(2)10-12-14;1-6-4-2-3-5-8-7(6)9/h3-4,7-12H,5-6H2,1-2H3;6H,2-5H2,1H3,(H,8,9)/b4-3-,8-7+;/t;6-/m.0/s1. The van der Waals surface area contributed by atoms with Gasteiger partial charge in [-0.25, -0.2) is 0 Å². The fourth-order valence-corrected chi connectivity index (χ4v) is 2.35. The Morgan fingerprint density at radius 1 is 1.13 bits per heavy atom. The summed E-state index contributed by atoms with van der Waals surface area (Å²) in [5.74, 6) is 0.472. The Hall–Kier alpha value is -1.83. The molecule has 1 amide bonds. The van der Waals surface area contributed by atoms with Gasteiger partial charge >= 0.3 is 0 Å². The Morgan fingerprint density at radius 2 is 1.83 bits per heavy atom. The third kappa shape index (κ3) is 9.02. The van der Waals surface area contributed by atoms with Gasteiger partial charge in [0.25, 0.3) is 0 Å². The summed E-state index contributed by atoms with van der Waals surface area (Å²) in [5, 5.41) is 2.86. The summed E-state index contributed by atoms with van der Waals surface area (Å²) in [4.78, 5) is 10.9. The molecule has 0 bridgehead atoms. The molecular weight excluding hydrogens is 282 g/mol. The van der Waals surface area contributed by atoms with Gasteiger partial charge in [0, 0.05) is 12.5 Å². The van der Waals surface area contributed by atoms with E-state index in [2.05, 4.69) is 67.7 Å². The summed E-state index contributed by atoms with van der Waals surface area (Å²) < 4.78 is 0. The molecule has 0 aliphatic carbocycles. The van der Waals surface area contributed by atoms with Gasteiger partial charge in [-0.3, -0.25) is 4.79 Å². The molecule has 1 atom stereocenters. The summed E-state index contributed by atoms with van der Waals surface area (Å²) in [7, 11) is 0. The molecule has 2 heteroatoms. The molecule has 126 valence electrons. The van der Waals surface area contributed by atoms with Crippen LogP contribution in [0.4, 0.5) is 0 Å². The second-order valence-corrected chi connectivity index (χ2v) is 6.15. The van der Waals surface area contributed by atoms with E-state index in [9.17, 15) is 4.79 Å². The smallest absolute Gasteiger partial charge is 0.222 e. The maximum Gasteiger partial charge on any atom is 0.222 e. The Balaban J connectivity index is 0.000000253. The van der Waals surface area contributed by atoms with Crippen LogP contribution in [0.2, 0.25) is 0 Å². The van der Waals surface area contributed by atoms with Crippen LogP contribution in [0.3, 0.4) is 0 Å². The average Bonchev–Trinajstić information content (AvgIpc) is 2.74. The second-order valence-electron chi connectivity index (χ2n) is 6.15. The molecule has 1 aliphatic rings. The van der Waals surface area contributed by atoms with Gasteiger partial charge in [0.2, 0.25) is 5.91 Å². The van der Waals surface area contributed by atoms with Crippen molar-refractivity contribution < 1.29 is 4.79 Å². The maximum atomic E-state index is 10.9. The van der Waals surface area contributed by atoms with Gasteiger partial charge in [-0.2, -0.15) is 0 Å². The van der Waals surface area contributed by atoms with E-state index >= 15 is 0 Å². The number of hydrogen-bond acceptors (Lipinski definition) is 1. The van der Waals surface area contributed by atoms with Crippen molar-refractivity contribution in [1.29, 1.82) is 0 Å². The fourth-order valence-electron chi connectivity index (χ4n) is 2.35. The zero-order valence-corrected chi connectivity index (χ0v) is 14.8. The summed E-state index contributed by atoms with van der Waals surface area (Å²) in [6.45, 7) is 7.03. The first-order valence-corrected chi connectivity index (χ1v) is 8.75. The van der Waals surface area contributed by atoms with Crippen molar-refractivity contribution in [3.8, 4) is 0 Å². The number of amides is 1. The first kappa shape index (κ1) is 19.2. The topological polar surface area (TPSA) is 29.1 Å². The largest absolute Gasteiger partial charge is 0.356 e. The average molecular weight is 313 g/mol. The summed E-state index contributed by atoms with van der Waals surface area (Å²) in [5.41, 5.74) is 2.60. The molecule has 0 spiro atoms. The van der Waals surface area contributed by atoms with Crippen LogP contribution in [-0.2, 0) is 4.79 Å². The summed E-state index contributed by atoms with van der Waals surface area (Å²) in [6.07, 6.45) is 14.4. The lowest BCUT2D eigenvalue weighted by molar-refractivity contribution is -0.124. The Kier molecular flexibility index (Phi) is 9.78. The van der Waals surface area contributed by atoms with E-state index in [-0.39, 0.29) is 11.8 Å². The van der Waals surface area contributed by atoms with Crippen LogP contribution < -0.4 is 5.32 Å². The van der Waals surface area contributed by atoms with E-state index < -0.39 is 0 Å². The maximum absolute atomic E-state index is 10.9. The number of unbranched alkanes of at least 4 members (excludes halogenated alkanes) is 1. The third-order valence-electron chi connectivity index (χ3n) is 3.93. The minimum Gasteiger partial charge on any atom is -0.356 e. The number of nitrogens with one attached hydrogen (secondary N) is 1. The highest BCUT2D eigenvalue weighted by Gasteiger charge is 2.14. The van der Waals surface area contributed by atoms with Crippen LogP contribution in [0.1, 0.15) is 57.1 Å². The molecule has 0 unspecified atom stereocenters. The zero-order chi connectivity index (χ0) is 16.9. The highest BCUT2D eigenvalue weighted by atomic mass is 16.1. The van der Waals surface area contributed by atoms with Crippen LogP contribution in [0.25, 0.3) is 6.08 Å². The number of aryl methyl sites for hydroxylation is 1. The molecule has 1 aromatic carbocycles. The van der Waals surface area contributed by atoms with Crippen molar-refractivity contribution in [3.05, 3.63) is 53.6 Å². The molecule has 1 fully saturated rings. The number of hydrogen-bond donors (Lipinski definition) is 1. The van der Waals surface area contributed by atoms with Crippen LogP contribution in [0, 0.1) is 12.8 Å². The highest BCUT2D eigenvalue weighted by molar-refractivity contribution is 5.78.